The fraction of sp³-hybridized carbons (Fsp3) is 0.0323. The highest BCUT2D eigenvalue weighted by atomic mass is 79.9. The number of nitrogens with zero attached hydrogens (tertiary/aromatic N) is 3. The van der Waals surface area contributed by atoms with Crippen LogP contribution in [-0.2, 0) is 4.79 Å². The maximum absolute atomic E-state index is 13.5. The standard InChI is InChI=1S/C31H19Br2FN4O4/c32-20-6-12-26-19(14-20)15-28(42-26)30-37-25-4-2-1-3-23(25)31(40)38(30)35-16-18-5-11-27(24(33)13-18)41-17-29(39)36-22-9-7-21(34)8-10-22/h1-16H,17H2,(H,36,39). The molecule has 0 unspecified atom stereocenters. The van der Waals surface area contributed by atoms with Gasteiger partial charge in [-0.2, -0.15) is 9.78 Å². The monoisotopic (exact) mass is 688 g/mol. The molecule has 0 aliphatic carbocycles. The first kappa shape index (κ1) is 27.6. The number of carbonyl (C=O) groups excluding carboxylic acids is 1. The van der Waals surface area contributed by atoms with E-state index >= 15 is 0 Å². The summed E-state index contributed by atoms with van der Waals surface area (Å²) < 4.78 is 27.4. The van der Waals surface area contributed by atoms with Gasteiger partial charge in [-0.05, 0) is 100 Å². The number of ether oxygens (including phenoxy) is 1. The molecule has 6 rings (SSSR count). The summed E-state index contributed by atoms with van der Waals surface area (Å²) in [6.45, 7) is -0.251. The smallest absolute Gasteiger partial charge is 0.282 e. The summed E-state index contributed by atoms with van der Waals surface area (Å²) in [5, 5.41) is 8.39. The van der Waals surface area contributed by atoms with Crippen molar-refractivity contribution < 1.29 is 18.3 Å². The maximum Gasteiger partial charge on any atom is 0.282 e. The van der Waals surface area contributed by atoms with Crippen molar-refractivity contribution in [2.24, 2.45) is 5.10 Å². The Balaban J connectivity index is 1.26. The summed E-state index contributed by atoms with van der Waals surface area (Å²) in [7, 11) is 0. The number of furan rings is 1. The Bertz CT molecular complexity index is 2060. The Morgan fingerprint density at radius 2 is 1.83 bits per heavy atom. The summed E-state index contributed by atoms with van der Waals surface area (Å²) in [5.41, 5.74) is 1.95. The van der Waals surface area contributed by atoms with E-state index in [-0.39, 0.29) is 18.0 Å². The van der Waals surface area contributed by atoms with Crippen molar-refractivity contribution in [2.75, 3.05) is 11.9 Å². The molecule has 1 N–H and O–H groups in total. The number of para-hydroxylation sites is 1. The number of rotatable bonds is 7. The minimum Gasteiger partial charge on any atom is -0.483 e. The summed E-state index contributed by atoms with van der Waals surface area (Å²) in [4.78, 5) is 30.4. The van der Waals surface area contributed by atoms with E-state index < -0.39 is 11.7 Å². The lowest BCUT2D eigenvalue weighted by Crippen LogP contribution is -2.20. The lowest BCUT2D eigenvalue weighted by Gasteiger charge is -2.10. The second-order valence-electron chi connectivity index (χ2n) is 9.14. The van der Waals surface area contributed by atoms with Crippen LogP contribution >= 0.6 is 31.9 Å². The van der Waals surface area contributed by atoms with E-state index in [4.69, 9.17) is 14.1 Å². The van der Waals surface area contributed by atoms with Crippen LogP contribution in [0.1, 0.15) is 5.56 Å². The SMILES string of the molecule is O=C(COc1ccc(C=Nn2c(-c3cc4cc(Br)ccc4o3)nc3ccccc3c2=O)cc1Br)Nc1ccc(F)cc1. The van der Waals surface area contributed by atoms with Crippen LogP contribution in [-0.4, -0.2) is 28.4 Å². The molecule has 0 spiro atoms. The lowest BCUT2D eigenvalue weighted by atomic mass is 10.2. The van der Waals surface area contributed by atoms with Crippen LogP contribution in [0.4, 0.5) is 10.1 Å². The van der Waals surface area contributed by atoms with Gasteiger partial charge >= 0.3 is 0 Å². The normalized spacial score (nSPS) is 11.4. The topological polar surface area (TPSA) is 98.7 Å². The Morgan fingerprint density at radius 3 is 2.64 bits per heavy atom. The Kier molecular flexibility index (Phi) is 7.68. The zero-order valence-electron chi connectivity index (χ0n) is 21.6. The van der Waals surface area contributed by atoms with Crippen molar-refractivity contribution in [1.82, 2.24) is 9.66 Å². The van der Waals surface area contributed by atoms with Crippen LogP contribution < -0.4 is 15.6 Å². The summed E-state index contributed by atoms with van der Waals surface area (Å²) in [5.74, 6) is 0.297. The maximum atomic E-state index is 13.5. The van der Waals surface area contributed by atoms with Crippen LogP contribution in [0.5, 0.6) is 5.75 Å². The predicted octanol–water partition coefficient (Wildman–Crippen LogP) is 7.37. The Labute approximate surface area is 254 Å². The number of hydrogen-bond donors (Lipinski definition) is 1. The molecular weight excluding hydrogens is 671 g/mol. The van der Waals surface area contributed by atoms with Crippen LogP contribution in [0, 0.1) is 5.82 Å². The highest BCUT2D eigenvalue weighted by Gasteiger charge is 2.17. The number of halogens is 3. The molecule has 2 aromatic heterocycles. The molecule has 0 aliphatic rings. The minimum atomic E-state index is -0.396. The van der Waals surface area contributed by atoms with Crippen molar-refractivity contribution in [3.05, 3.63) is 122 Å². The van der Waals surface area contributed by atoms with Gasteiger partial charge in [0.1, 0.15) is 17.1 Å². The van der Waals surface area contributed by atoms with E-state index in [0.29, 0.717) is 43.7 Å². The first-order valence-corrected chi connectivity index (χ1v) is 14.2. The van der Waals surface area contributed by atoms with Gasteiger partial charge in [0.2, 0.25) is 5.82 Å². The molecule has 0 saturated heterocycles. The minimum absolute atomic E-state index is 0.251. The van der Waals surface area contributed by atoms with Gasteiger partial charge in [0, 0.05) is 15.5 Å². The highest BCUT2D eigenvalue weighted by Crippen LogP contribution is 2.29. The predicted molar refractivity (Wildman–Crippen MR) is 167 cm³/mol. The molecule has 8 nitrogen and oxygen atoms in total. The Hall–Kier alpha value is -4.61. The van der Waals surface area contributed by atoms with E-state index in [1.165, 1.54) is 35.2 Å². The molecule has 0 atom stereocenters. The largest absolute Gasteiger partial charge is 0.483 e. The molecule has 42 heavy (non-hydrogen) atoms. The quantitative estimate of drug-likeness (QED) is 0.177. The number of anilines is 1. The van der Waals surface area contributed by atoms with Gasteiger partial charge in [0.25, 0.3) is 11.5 Å². The average Bonchev–Trinajstić information content (AvgIpc) is 3.40. The number of hydrogen-bond acceptors (Lipinski definition) is 6. The summed E-state index contributed by atoms with van der Waals surface area (Å²) >= 11 is 6.93. The summed E-state index contributed by atoms with van der Waals surface area (Å²) in [6, 6.07) is 25.1. The van der Waals surface area contributed by atoms with Gasteiger partial charge in [-0.3, -0.25) is 9.59 Å². The van der Waals surface area contributed by atoms with Gasteiger partial charge < -0.3 is 14.5 Å². The molecular formula is C31H19Br2FN4O4. The fourth-order valence-corrected chi connectivity index (χ4v) is 5.12. The molecule has 11 heteroatoms. The van der Waals surface area contributed by atoms with Crippen LogP contribution in [0.15, 0.2) is 114 Å². The average molecular weight is 690 g/mol. The van der Waals surface area contributed by atoms with Crippen LogP contribution in [0.25, 0.3) is 33.5 Å². The molecule has 208 valence electrons. The first-order chi connectivity index (χ1) is 20.3. The van der Waals surface area contributed by atoms with Crippen molar-refractivity contribution in [3.8, 4) is 17.3 Å². The van der Waals surface area contributed by atoms with E-state index in [0.717, 1.165) is 9.86 Å². The second-order valence-corrected chi connectivity index (χ2v) is 10.9. The van der Waals surface area contributed by atoms with Crippen molar-refractivity contribution in [1.29, 1.82) is 0 Å². The molecule has 0 aliphatic heterocycles. The van der Waals surface area contributed by atoms with Gasteiger partial charge in [-0.1, -0.05) is 28.1 Å². The van der Waals surface area contributed by atoms with Gasteiger partial charge in [0.05, 0.1) is 21.6 Å². The lowest BCUT2D eigenvalue weighted by molar-refractivity contribution is -0.118. The number of amides is 1. The molecule has 0 fully saturated rings. The molecule has 0 radical (unpaired) electrons. The molecule has 6 aromatic rings. The third-order valence-corrected chi connectivity index (χ3v) is 7.33. The fourth-order valence-electron chi connectivity index (χ4n) is 4.23. The molecule has 2 heterocycles. The molecule has 4 aromatic carbocycles. The summed E-state index contributed by atoms with van der Waals surface area (Å²) in [6.07, 6.45) is 1.52. The van der Waals surface area contributed by atoms with Crippen molar-refractivity contribution >= 4 is 71.5 Å². The van der Waals surface area contributed by atoms with Crippen molar-refractivity contribution in [2.45, 2.75) is 0 Å². The van der Waals surface area contributed by atoms with Gasteiger partial charge in [0.15, 0.2) is 12.4 Å². The second kappa shape index (κ2) is 11.7. The molecule has 0 bridgehead atoms. The third kappa shape index (κ3) is 5.88. The number of fused-ring (bicyclic) bond motifs is 2. The zero-order valence-corrected chi connectivity index (χ0v) is 24.7. The van der Waals surface area contributed by atoms with E-state index in [9.17, 15) is 14.0 Å². The Morgan fingerprint density at radius 1 is 1.02 bits per heavy atom. The van der Waals surface area contributed by atoms with Crippen molar-refractivity contribution in [3.63, 3.8) is 0 Å². The third-order valence-electron chi connectivity index (χ3n) is 6.22. The number of nitrogens with one attached hydrogen (secondary N) is 1. The van der Waals surface area contributed by atoms with Crippen LogP contribution in [0.3, 0.4) is 0 Å². The highest BCUT2D eigenvalue weighted by molar-refractivity contribution is 9.10. The molecule has 0 saturated carbocycles. The van der Waals surface area contributed by atoms with Gasteiger partial charge in [-0.15, -0.1) is 0 Å². The zero-order chi connectivity index (χ0) is 29.2. The number of benzene rings is 4. The number of aromatic nitrogens is 2. The first-order valence-electron chi connectivity index (χ1n) is 12.6. The van der Waals surface area contributed by atoms with E-state index in [2.05, 4.69) is 42.3 Å². The van der Waals surface area contributed by atoms with Crippen LogP contribution in [0.2, 0.25) is 0 Å². The van der Waals surface area contributed by atoms with E-state index in [1.54, 1.807) is 36.4 Å². The molecule has 1 amide bonds. The number of carbonyl (C=O) groups is 1. The van der Waals surface area contributed by atoms with E-state index in [1.807, 2.05) is 30.3 Å². The van der Waals surface area contributed by atoms with Gasteiger partial charge in [-0.25, -0.2) is 9.37 Å².